The third-order valence-corrected chi connectivity index (χ3v) is 4.60. The highest BCUT2D eigenvalue weighted by molar-refractivity contribution is 7.12. The first-order valence-corrected chi connectivity index (χ1v) is 7.22. The van der Waals surface area contributed by atoms with Crippen molar-refractivity contribution in [2.24, 2.45) is 0 Å². The topological polar surface area (TPSA) is 12.0 Å². The van der Waals surface area contributed by atoms with Gasteiger partial charge < -0.3 is 5.32 Å². The molecule has 1 N–H and O–H groups in total. The van der Waals surface area contributed by atoms with Gasteiger partial charge in [0, 0.05) is 14.8 Å². The van der Waals surface area contributed by atoms with Gasteiger partial charge in [0.15, 0.2) is 0 Å². The van der Waals surface area contributed by atoms with E-state index in [-0.39, 0.29) is 6.04 Å². The standard InChI is InChI=1S/C15H18ClNS/c1-9-7-12(5-6-14(9)16)15(17-4)13-8-10(2)18-11(13)3/h5-8,15,17H,1-4H3. The number of hydrogen-bond donors (Lipinski definition) is 1. The normalized spacial score (nSPS) is 12.7. The van der Waals surface area contributed by atoms with Crippen LogP contribution in [0.15, 0.2) is 24.3 Å². The van der Waals surface area contributed by atoms with E-state index in [9.17, 15) is 0 Å². The molecule has 0 radical (unpaired) electrons. The van der Waals surface area contributed by atoms with E-state index in [0.29, 0.717) is 0 Å². The van der Waals surface area contributed by atoms with Crippen molar-refractivity contribution in [2.45, 2.75) is 26.8 Å². The summed E-state index contributed by atoms with van der Waals surface area (Å²) in [4.78, 5) is 2.73. The largest absolute Gasteiger partial charge is 0.309 e. The smallest absolute Gasteiger partial charge is 0.0585 e. The molecule has 0 bridgehead atoms. The molecular weight excluding hydrogens is 262 g/mol. The molecule has 1 aromatic heterocycles. The van der Waals surface area contributed by atoms with Crippen LogP contribution in [-0.2, 0) is 0 Å². The molecule has 1 unspecified atom stereocenters. The highest BCUT2D eigenvalue weighted by Crippen LogP contribution is 2.31. The molecule has 2 aromatic rings. The summed E-state index contributed by atoms with van der Waals surface area (Å²) < 4.78 is 0. The van der Waals surface area contributed by atoms with Crippen LogP contribution >= 0.6 is 22.9 Å². The molecule has 0 spiro atoms. The molecule has 1 heterocycles. The summed E-state index contributed by atoms with van der Waals surface area (Å²) in [6, 6.07) is 8.75. The van der Waals surface area contributed by atoms with E-state index in [1.807, 2.05) is 31.4 Å². The van der Waals surface area contributed by atoms with Crippen LogP contribution in [-0.4, -0.2) is 7.05 Å². The van der Waals surface area contributed by atoms with Crippen LogP contribution in [0.2, 0.25) is 5.02 Å². The van der Waals surface area contributed by atoms with Crippen LogP contribution in [0.4, 0.5) is 0 Å². The van der Waals surface area contributed by atoms with Gasteiger partial charge in [-0.1, -0.05) is 23.7 Å². The summed E-state index contributed by atoms with van der Waals surface area (Å²) in [7, 11) is 2.00. The van der Waals surface area contributed by atoms with Gasteiger partial charge in [0.2, 0.25) is 0 Å². The summed E-state index contributed by atoms with van der Waals surface area (Å²) in [6.07, 6.45) is 0. The van der Waals surface area contributed by atoms with Crippen molar-refractivity contribution in [3.63, 3.8) is 0 Å². The van der Waals surface area contributed by atoms with Gasteiger partial charge >= 0.3 is 0 Å². The maximum atomic E-state index is 6.09. The fourth-order valence-electron chi connectivity index (χ4n) is 2.29. The minimum absolute atomic E-state index is 0.242. The molecule has 2 rings (SSSR count). The maximum absolute atomic E-state index is 6.09. The average Bonchev–Trinajstić information content (AvgIpc) is 2.64. The molecule has 96 valence electrons. The minimum atomic E-state index is 0.242. The van der Waals surface area contributed by atoms with E-state index >= 15 is 0 Å². The van der Waals surface area contributed by atoms with Crippen molar-refractivity contribution < 1.29 is 0 Å². The van der Waals surface area contributed by atoms with Crippen molar-refractivity contribution in [3.05, 3.63) is 55.7 Å². The Bertz CT molecular complexity index is 560. The fraction of sp³-hybridized carbons (Fsp3) is 0.333. The Morgan fingerprint density at radius 2 is 1.89 bits per heavy atom. The zero-order chi connectivity index (χ0) is 13.3. The third-order valence-electron chi connectivity index (χ3n) is 3.19. The summed E-state index contributed by atoms with van der Waals surface area (Å²) in [5.41, 5.74) is 3.75. The SMILES string of the molecule is CNC(c1ccc(Cl)c(C)c1)c1cc(C)sc1C. The van der Waals surface area contributed by atoms with Crippen molar-refractivity contribution >= 4 is 22.9 Å². The lowest BCUT2D eigenvalue weighted by Gasteiger charge is -2.18. The van der Waals surface area contributed by atoms with Gasteiger partial charge in [0.05, 0.1) is 6.04 Å². The van der Waals surface area contributed by atoms with Gasteiger partial charge in [-0.3, -0.25) is 0 Å². The second-order valence-electron chi connectivity index (χ2n) is 4.60. The molecule has 1 nitrogen and oxygen atoms in total. The molecule has 0 fully saturated rings. The van der Waals surface area contributed by atoms with E-state index in [0.717, 1.165) is 10.6 Å². The molecule has 18 heavy (non-hydrogen) atoms. The van der Waals surface area contributed by atoms with Crippen molar-refractivity contribution in [1.82, 2.24) is 5.32 Å². The number of thiophene rings is 1. The van der Waals surface area contributed by atoms with Crippen molar-refractivity contribution in [2.75, 3.05) is 7.05 Å². The van der Waals surface area contributed by atoms with Crippen LogP contribution in [0.25, 0.3) is 0 Å². The van der Waals surface area contributed by atoms with Crippen LogP contribution in [0.1, 0.15) is 32.5 Å². The zero-order valence-electron chi connectivity index (χ0n) is 11.2. The molecule has 0 aliphatic carbocycles. The van der Waals surface area contributed by atoms with Crippen LogP contribution < -0.4 is 5.32 Å². The van der Waals surface area contributed by atoms with Crippen LogP contribution in [0.3, 0.4) is 0 Å². The molecule has 0 aliphatic rings. The number of benzene rings is 1. The molecular formula is C15H18ClNS. The predicted molar refractivity (Wildman–Crippen MR) is 80.9 cm³/mol. The molecule has 1 atom stereocenters. The first-order valence-electron chi connectivity index (χ1n) is 6.03. The summed E-state index contributed by atoms with van der Waals surface area (Å²) in [5, 5.41) is 4.22. The van der Waals surface area contributed by atoms with E-state index < -0.39 is 0 Å². The lowest BCUT2D eigenvalue weighted by molar-refractivity contribution is 0.690. The number of rotatable bonds is 3. The Morgan fingerprint density at radius 1 is 1.17 bits per heavy atom. The van der Waals surface area contributed by atoms with Crippen LogP contribution in [0.5, 0.6) is 0 Å². The second-order valence-corrected chi connectivity index (χ2v) is 6.47. The molecule has 1 aromatic carbocycles. The maximum Gasteiger partial charge on any atom is 0.0585 e. The quantitative estimate of drug-likeness (QED) is 0.863. The van der Waals surface area contributed by atoms with E-state index in [1.165, 1.54) is 20.9 Å². The Morgan fingerprint density at radius 3 is 2.39 bits per heavy atom. The summed E-state index contributed by atoms with van der Waals surface area (Å²) in [5.74, 6) is 0. The van der Waals surface area contributed by atoms with Gasteiger partial charge in [0.25, 0.3) is 0 Å². The van der Waals surface area contributed by atoms with Gasteiger partial charge in [-0.25, -0.2) is 0 Å². The summed E-state index contributed by atoms with van der Waals surface area (Å²) >= 11 is 7.94. The zero-order valence-corrected chi connectivity index (χ0v) is 12.7. The second kappa shape index (κ2) is 5.43. The third kappa shape index (κ3) is 2.61. The van der Waals surface area contributed by atoms with E-state index in [4.69, 9.17) is 11.6 Å². The molecule has 0 saturated carbocycles. The van der Waals surface area contributed by atoms with Crippen molar-refractivity contribution in [3.8, 4) is 0 Å². The Kier molecular flexibility index (Phi) is 4.10. The first-order chi connectivity index (χ1) is 8.52. The minimum Gasteiger partial charge on any atom is -0.309 e. The van der Waals surface area contributed by atoms with Gasteiger partial charge in [-0.15, -0.1) is 11.3 Å². The molecule has 0 saturated heterocycles. The van der Waals surface area contributed by atoms with E-state index in [2.05, 4.69) is 37.4 Å². The Hall–Kier alpha value is -0.830. The first kappa shape index (κ1) is 13.6. The monoisotopic (exact) mass is 279 g/mol. The molecule has 0 aliphatic heterocycles. The van der Waals surface area contributed by atoms with Gasteiger partial charge in [0.1, 0.15) is 0 Å². The highest BCUT2D eigenvalue weighted by atomic mass is 35.5. The van der Waals surface area contributed by atoms with Gasteiger partial charge in [-0.2, -0.15) is 0 Å². The number of hydrogen-bond acceptors (Lipinski definition) is 2. The lowest BCUT2D eigenvalue weighted by atomic mass is 9.98. The molecule has 3 heteroatoms. The van der Waals surface area contributed by atoms with E-state index in [1.54, 1.807) is 0 Å². The van der Waals surface area contributed by atoms with Gasteiger partial charge in [-0.05, 0) is 56.6 Å². The summed E-state index contributed by atoms with van der Waals surface area (Å²) in [6.45, 7) is 6.38. The lowest BCUT2D eigenvalue weighted by Crippen LogP contribution is -2.17. The fourth-order valence-corrected chi connectivity index (χ4v) is 3.37. The molecule has 0 amide bonds. The predicted octanol–water partition coefficient (Wildman–Crippen LogP) is 4.64. The number of nitrogens with one attached hydrogen (secondary N) is 1. The number of aryl methyl sites for hydroxylation is 3. The van der Waals surface area contributed by atoms with Crippen molar-refractivity contribution in [1.29, 1.82) is 0 Å². The van der Waals surface area contributed by atoms with Crippen LogP contribution in [0, 0.1) is 20.8 Å². The number of halogens is 1. The Balaban J connectivity index is 2.45. The Labute approximate surface area is 118 Å². The average molecular weight is 280 g/mol. The highest BCUT2D eigenvalue weighted by Gasteiger charge is 2.16.